The largest absolute Gasteiger partial charge is 0.351 e. The summed E-state index contributed by atoms with van der Waals surface area (Å²) >= 11 is 7.84. The number of thioether (sulfide) groups is 1. The van der Waals surface area contributed by atoms with Crippen LogP contribution in [0.2, 0.25) is 5.02 Å². The van der Waals surface area contributed by atoms with Gasteiger partial charge in [0.2, 0.25) is 11.9 Å². The molecule has 1 amide bonds. The van der Waals surface area contributed by atoms with Gasteiger partial charge in [0, 0.05) is 19.6 Å². The average molecular weight is 442 g/mol. The van der Waals surface area contributed by atoms with E-state index in [-0.39, 0.29) is 11.7 Å². The number of nitrogens with zero attached hydrogens (tertiary/aromatic N) is 4. The van der Waals surface area contributed by atoms with Gasteiger partial charge in [-0.2, -0.15) is 0 Å². The predicted molar refractivity (Wildman–Crippen MR) is 122 cm³/mol. The van der Waals surface area contributed by atoms with E-state index in [2.05, 4.69) is 20.4 Å². The summed E-state index contributed by atoms with van der Waals surface area (Å²) in [5, 5.41) is 13.1. The number of benzene rings is 2. The summed E-state index contributed by atoms with van der Waals surface area (Å²) in [5.74, 6) is 0.995. The normalized spacial score (nSPS) is 13.6. The number of amides is 1. The molecule has 1 aromatic heterocycles. The van der Waals surface area contributed by atoms with Gasteiger partial charge in [-0.15, -0.1) is 10.2 Å². The summed E-state index contributed by atoms with van der Waals surface area (Å²) in [6, 6.07) is 15.8. The van der Waals surface area contributed by atoms with Crippen LogP contribution in [0.25, 0.3) is 5.69 Å². The first-order chi connectivity index (χ1) is 14.6. The van der Waals surface area contributed by atoms with Gasteiger partial charge >= 0.3 is 0 Å². The molecule has 0 radical (unpaired) electrons. The van der Waals surface area contributed by atoms with Crippen molar-refractivity contribution in [1.29, 1.82) is 0 Å². The number of nitrogens with one attached hydrogen (secondary N) is 1. The fourth-order valence-corrected chi connectivity index (χ4v) is 4.40. The van der Waals surface area contributed by atoms with Gasteiger partial charge in [-0.3, -0.25) is 9.36 Å². The molecule has 2 heterocycles. The molecule has 4 rings (SSSR count). The van der Waals surface area contributed by atoms with Crippen molar-refractivity contribution >= 4 is 35.2 Å². The van der Waals surface area contributed by atoms with Gasteiger partial charge in [0.05, 0.1) is 16.5 Å². The average Bonchev–Trinajstić information content (AvgIpc) is 3.42. The van der Waals surface area contributed by atoms with Gasteiger partial charge in [-0.1, -0.05) is 65.3 Å². The second kappa shape index (κ2) is 9.53. The molecule has 156 valence electrons. The Bertz CT molecular complexity index is 1010. The number of rotatable bonds is 7. The third kappa shape index (κ3) is 4.79. The fourth-order valence-electron chi connectivity index (χ4n) is 3.41. The zero-order valence-electron chi connectivity index (χ0n) is 16.8. The highest BCUT2D eigenvalue weighted by atomic mass is 35.5. The van der Waals surface area contributed by atoms with Crippen molar-refractivity contribution in [2.24, 2.45) is 0 Å². The van der Waals surface area contributed by atoms with Crippen LogP contribution in [0.4, 0.5) is 5.95 Å². The lowest BCUT2D eigenvalue weighted by Crippen LogP contribution is -2.25. The molecule has 0 saturated carbocycles. The quantitative estimate of drug-likeness (QED) is 0.555. The molecule has 1 saturated heterocycles. The molecule has 6 nitrogen and oxygen atoms in total. The van der Waals surface area contributed by atoms with Crippen LogP contribution in [0.3, 0.4) is 0 Å². The van der Waals surface area contributed by atoms with Gasteiger partial charge in [0.15, 0.2) is 5.16 Å². The van der Waals surface area contributed by atoms with E-state index in [1.807, 2.05) is 60.0 Å². The maximum Gasteiger partial charge on any atom is 0.232 e. The maximum absolute atomic E-state index is 12.4. The Balaban J connectivity index is 1.47. The third-order valence-corrected chi connectivity index (χ3v) is 6.29. The summed E-state index contributed by atoms with van der Waals surface area (Å²) < 4.78 is 1.96. The van der Waals surface area contributed by atoms with Crippen molar-refractivity contribution in [2.75, 3.05) is 23.7 Å². The number of carbonyl (C=O) groups excluding carboxylic acids is 1. The molecule has 0 unspecified atom stereocenters. The van der Waals surface area contributed by atoms with E-state index in [1.54, 1.807) is 0 Å². The van der Waals surface area contributed by atoms with Crippen molar-refractivity contribution in [1.82, 2.24) is 20.1 Å². The molecular formula is C22H24ClN5OS. The minimum Gasteiger partial charge on any atom is -0.351 e. The number of para-hydroxylation sites is 1. The van der Waals surface area contributed by atoms with Crippen LogP contribution in [0.1, 0.15) is 24.0 Å². The van der Waals surface area contributed by atoms with Crippen LogP contribution >= 0.6 is 23.4 Å². The second-order valence-electron chi connectivity index (χ2n) is 7.31. The lowest BCUT2D eigenvalue weighted by molar-refractivity contribution is -0.118. The fraction of sp³-hybridized carbons (Fsp3) is 0.318. The van der Waals surface area contributed by atoms with Gasteiger partial charge in [0.25, 0.3) is 0 Å². The van der Waals surface area contributed by atoms with Crippen molar-refractivity contribution in [2.45, 2.75) is 31.5 Å². The SMILES string of the molecule is Cc1ccc(CNC(=O)CSc2nnc(N3CCCC3)n2-c2ccccc2Cl)cc1. The molecule has 8 heteroatoms. The molecule has 2 aromatic carbocycles. The van der Waals surface area contributed by atoms with E-state index in [0.29, 0.717) is 16.7 Å². The summed E-state index contributed by atoms with van der Waals surface area (Å²) in [4.78, 5) is 14.6. The number of aryl methyl sites for hydroxylation is 1. The number of carbonyl (C=O) groups is 1. The zero-order chi connectivity index (χ0) is 20.9. The summed E-state index contributed by atoms with van der Waals surface area (Å²) in [7, 11) is 0. The van der Waals surface area contributed by atoms with E-state index >= 15 is 0 Å². The van der Waals surface area contributed by atoms with Crippen molar-refractivity contribution in [3.8, 4) is 5.69 Å². The van der Waals surface area contributed by atoms with Crippen LogP contribution in [0.5, 0.6) is 0 Å². The first-order valence-corrected chi connectivity index (χ1v) is 11.4. The minimum absolute atomic E-state index is 0.0444. The van der Waals surface area contributed by atoms with E-state index in [0.717, 1.165) is 43.1 Å². The first-order valence-electron chi connectivity index (χ1n) is 10.0. The van der Waals surface area contributed by atoms with Crippen molar-refractivity contribution in [3.63, 3.8) is 0 Å². The second-order valence-corrected chi connectivity index (χ2v) is 8.66. The van der Waals surface area contributed by atoms with Crippen LogP contribution in [0, 0.1) is 6.92 Å². The Kier molecular flexibility index (Phi) is 6.59. The van der Waals surface area contributed by atoms with Crippen LogP contribution in [-0.4, -0.2) is 39.5 Å². The standard InChI is InChI=1S/C22H24ClN5OS/c1-16-8-10-17(11-9-16)14-24-20(29)15-30-22-26-25-21(27-12-4-5-13-27)28(22)19-7-3-2-6-18(19)23/h2-3,6-11H,4-5,12-15H2,1H3,(H,24,29). The third-order valence-electron chi connectivity index (χ3n) is 5.04. The van der Waals surface area contributed by atoms with Crippen molar-refractivity contribution in [3.05, 3.63) is 64.7 Å². The molecule has 1 aliphatic rings. The molecular weight excluding hydrogens is 418 g/mol. The molecule has 0 atom stereocenters. The van der Waals surface area contributed by atoms with Gasteiger partial charge in [0.1, 0.15) is 0 Å². The molecule has 1 fully saturated rings. The Labute approximate surface area is 185 Å². The van der Waals surface area contributed by atoms with Gasteiger partial charge < -0.3 is 10.2 Å². The Hall–Kier alpha value is -2.51. The van der Waals surface area contributed by atoms with E-state index in [1.165, 1.54) is 17.3 Å². The zero-order valence-corrected chi connectivity index (χ0v) is 18.4. The van der Waals surface area contributed by atoms with E-state index in [4.69, 9.17) is 11.6 Å². The summed E-state index contributed by atoms with van der Waals surface area (Å²) in [5.41, 5.74) is 3.11. The monoisotopic (exact) mass is 441 g/mol. The Morgan fingerprint density at radius 2 is 1.83 bits per heavy atom. The van der Waals surface area contributed by atoms with Crippen LogP contribution in [0.15, 0.2) is 53.7 Å². The number of hydrogen-bond acceptors (Lipinski definition) is 5. The number of anilines is 1. The van der Waals surface area contributed by atoms with Crippen LogP contribution < -0.4 is 10.2 Å². The molecule has 1 N–H and O–H groups in total. The summed E-state index contributed by atoms with van der Waals surface area (Å²) in [6.45, 7) is 4.45. The minimum atomic E-state index is -0.0444. The summed E-state index contributed by atoms with van der Waals surface area (Å²) in [6.07, 6.45) is 2.28. The van der Waals surface area contributed by atoms with Gasteiger partial charge in [-0.25, -0.2) is 0 Å². The topological polar surface area (TPSA) is 63.1 Å². The lowest BCUT2D eigenvalue weighted by Gasteiger charge is -2.19. The lowest BCUT2D eigenvalue weighted by atomic mass is 10.1. The van der Waals surface area contributed by atoms with E-state index in [9.17, 15) is 4.79 Å². The molecule has 0 bridgehead atoms. The highest BCUT2D eigenvalue weighted by Crippen LogP contribution is 2.31. The van der Waals surface area contributed by atoms with E-state index < -0.39 is 0 Å². The van der Waals surface area contributed by atoms with Gasteiger partial charge in [-0.05, 0) is 37.5 Å². The molecule has 1 aliphatic heterocycles. The highest BCUT2D eigenvalue weighted by Gasteiger charge is 2.23. The molecule has 30 heavy (non-hydrogen) atoms. The number of aromatic nitrogens is 3. The Morgan fingerprint density at radius 1 is 1.10 bits per heavy atom. The number of hydrogen-bond donors (Lipinski definition) is 1. The predicted octanol–water partition coefficient (Wildman–Crippen LogP) is 4.24. The highest BCUT2D eigenvalue weighted by molar-refractivity contribution is 7.99. The molecule has 0 aliphatic carbocycles. The first kappa shape index (κ1) is 20.8. The van der Waals surface area contributed by atoms with Crippen LogP contribution in [-0.2, 0) is 11.3 Å². The van der Waals surface area contributed by atoms with Crippen molar-refractivity contribution < 1.29 is 4.79 Å². The molecule has 0 spiro atoms. The Morgan fingerprint density at radius 3 is 2.57 bits per heavy atom. The molecule has 3 aromatic rings. The maximum atomic E-state index is 12.4. The number of halogens is 1. The smallest absolute Gasteiger partial charge is 0.232 e.